The molecule has 8 heteroatoms. The van der Waals surface area contributed by atoms with Crippen molar-refractivity contribution in [3.8, 4) is 0 Å². The Morgan fingerprint density at radius 2 is 1.88 bits per heavy atom. The van der Waals surface area contributed by atoms with Crippen molar-refractivity contribution in [3.05, 3.63) is 51.2 Å². The summed E-state index contributed by atoms with van der Waals surface area (Å²) in [5, 5.41) is 7.79. The summed E-state index contributed by atoms with van der Waals surface area (Å²) < 4.78 is 5.54. The lowest BCUT2D eigenvalue weighted by Gasteiger charge is -2.18. The predicted molar refractivity (Wildman–Crippen MR) is 114 cm³/mol. The molecule has 0 amide bonds. The fraction of sp³-hybridized carbons (Fsp3) is 0.412. The normalized spacial score (nSPS) is 12.5. The molecule has 0 spiro atoms. The summed E-state index contributed by atoms with van der Waals surface area (Å²) in [4.78, 5) is 8.54. The molecule has 1 unspecified atom stereocenters. The van der Waals surface area contributed by atoms with E-state index in [4.69, 9.17) is 27.6 Å². The number of oxazole rings is 1. The molecule has 2 rings (SSSR count). The number of nitrogens with one attached hydrogen (secondary N) is 2. The van der Waals surface area contributed by atoms with E-state index in [2.05, 4.69) is 27.5 Å². The third-order valence-electron chi connectivity index (χ3n) is 3.77. The number of hydrogen-bond acceptors (Lipinski definition) is 3. The van der Waals surface area contributed by atoms with Gasteiger partial charge in [0.2, 0.25) is 5.89 Å². The molecule has 0 aliphatic carbocycles. The summed E-state index contributed by atoms with van der Waals surface area (Å²) in [7, 11) is 1.72. The van der Waals surface area contributed by atoms with Gasteiger partial charge in [0, 0.05) is 29.6 Å². The molecule has 1 atom stereocenters. The van der Waals surface area contributed by atoms with Crippen molar-refractivity contribution in [2.24, 2.45) is 4.99 Å². The van der Waals surface area contributed by atoms with Crippen LogP contribution in [-0.4, -0.2) is 24.5 Å². The number of guanidine groups is 1. The van der Waals surface area contributed by atoms with Gasteiger partial charge in [0.15, 0.2) is 5.96 Å². The van der Waals surface area contributed by atoms with Crippen LogP contribution in [0.1, 0.15) is 35.7 Å². The fourth-order valence-electron chi connectivity index (χ4n) is 2.33. The molecule has 0 aliphatic heterocycles. The molecule has 2 N–H and O–H groups in total. The van der Waals surface area contributed by atoms with Gasteiger partial charge < -0.3 is 15.1 Å². The van der Waals surface area contributed by atoms with Crippen LogP contribution in [0, 0.1) is 13.8 Å². The van der Waals surface area contributed by atoms with Crippen molar-refractivity contribution in [2.75, 3.05) is 13.6 Å². The van der Waals surface area contributed by atoms with Crippen LogP contribution in [-0.2, 0) is 6.54 Å². The summed E-state index contributed by atoms with van der Waals surface area (Å²) in [5.41, 5.74) is 1.83. The van der Waals surface area contributed by atoms with Crippen LogP contribution in [0.2, 0.25) is 10.0 Å². The minimum atomic E-state index is 0. The van der Waals surface area contributed by atoms with Gasteiger partial charge in [-0.25, -0.2) is 4.98 Å². The lowest BCUT2D eigenvalue weighted by atomic mass is 10.0. The average molecular weight is 497 g/mol. The number of halogens is 3. The third kappa shape index (κ3) is 6.04. The Kier molecular flexibility index (Phi) is 9.02. The van der Waals surface area contributed by atoms with Crippen molar-refractivity contribution < 1.29 is 4.42 Å². The third-order valence-corrected chi connectivity index (χ3v) is 4.43. The van der Waals surface area contributed by atoms with Gasteiger partial charge in [-0.1, -0.05) is 36.2 Å². The highest BCUT2D eigenvalue weighted by atomic mass is 127. The number of benzene rings is 1. The second-order valence-electron chi connectivity index (χ2n) is 5.59. The van der Waals surface area contributed by atoms with Crippen molar-refractivity contribution in [1.29, 1.82) is 0 Å². The van der Waals surface area contributed by atoms with Crippen LogP contribution in [0.3, 0.4) is 0 Å². The topological polar surface area (TPSA) is 62.5 Å². The Bertz CT molecular complexity index is 694. The van der Waals surface area contributed by atoms with Crippen LogP contribution >= 0.6 is 47.2 Å². The van der Waals surface area contributed by atoms with Gasteiger partial charge in [0.05, 0.1) is 12.2 Å². The molecular formula is C17H23Cl2IN4O. The lowest BCUT2D eigenvalue weighted by Crippen LogP contribution is -2.38. The molecule has 0 fully saturated rings. The van der Waals surface area contributed by atoms with Crippen molar-refractivity contribution in [3.63, 3.8) is 0 Å². The average Bonchev–Trinajstić information content (AvgIpc) is 2.85. The lowest BCUT2D eigenvalue weighted by molar-refractivity contribution is 0.463. The van der Waals surface area contributed by atoms with Crippen LogP contribution < -0.4 is 10.6 Å². The van der Waals surface area contributed by atoms with E-state index >= 15 is 0 Å². The molecule has 1 aromatic carbocycles. The maximum Gasteiger partial charge on any atom is 0.214 e. The van der Waals surface area contributed by atoms with E-state index in [1.54, 1.807) is 7.05 Å². The zero-order chi connectivity index (χ0) is 17.7. The molecule has 138 valence electrons. The molecular weight excluding hydrogens is 474 g/mol. The Labute approximate surface area is 175 Å². The van der Waals surface area contributed by atoms with Crippen molar-refractivity contribution >= 4 is 53.1 Å². The molecule has 1 aromatic heterocycles. The van der Waals surface area contributed by atoms with E-state index in [1.165, 1.54) is 0 Å². The molecule has 2 aromatic rings. The first-order chi connectivity index (χ1) is 11.4. The maximum absolute atomic E-state index is 6.25. The van der Waals surface area contributed by atoms with E-state index in [-0.39, 0.29) is 29.9 Å². The summed E-state index contributed by atoms with van der Waals surface area (Å²) >= 11 is 12.5. The SMILES string of the molecule is CN=C(NCc1nc(C)c(C)o1)NCC(C)c1c(Cl)cccc1Cl.I. The second-order valence-corrected chi connectivity index (χ2v) is 6.41. The number of aryl methyl sites for hydroxylation is 2. The Morgan fingerprint density at radius 1 is 1.24 bits per heavy atom. The Hall–Kier alpha value is -0.990. The number of rotatable bonds is 5. The largest absolute Gasteiger partial charge is 0.444 e. The quantitative estimate of drug-likeness (QED) is 0.358. The van der Waals surface area contributed by atoms with Crippen molar-refractivity contribution in [2.45, 2.75) is 33.2 Å². The minimum Gasteiger partial charge on any atom is -0.444 e. The summed E-state index contributed by atoms with van der Waals surface area (Å²) in [6.45, 7) is 6.99. The number of aliphatic imine (C=N–C) groups is 1. The van der Waals surface area contributed by atoms with Crippen LogP contribution in [0.5, 0.6) is 0 Å². The summed E-state index contributed by atoms with van der Waals surface area (Å²) in [6, 6.07) is 5.54. The first-order valence-corrected chi connectivity index (χ1v) is 8.49. The van der Waals surface area contributed by atoms with Gasteiger partial charge in [0.1, 0.15) is 5.76 Å². The van der Waals surface area contributed by atoms with E-state index in [9.17, 15) is 0 Å². The van der Waals surface area contributed by atoms with E-state index in [1.807, 2.05) is 32.0 Å². The van der Waals surface area contributed by atoms with E-state index in [0.29, 0.717) is 35.0 Å². The standard InChI is InChI=1S/C17H22Cl2N4O.HI/c1-10(16-13(18)6-5-7-14(16)19)8-21-17(20-4)22-9-15-23-11(2)12(3)24-15;/h5-7,10H,8-9H2,1-4H3,(H2,20,21,22);1H. The van der Waals surface area contributed by atoms with Crippen molar-refractivity contribution in [1.82, 2.24) is 15.6 Å². The second kappa shape index (κ2) is 10.2. The minimum absolute atomic E-state index is 0. The van der Waals surface area contributed by atoms with Crippen LogP contribution in [0.4, 0.5) is 0 Å². The number of hydrogen-bond donors (Lipinski definition) is 2. The molecule has 25 heavy (non-hydrogen) atoms. The Morgan fingerprint density at radius 3 is 2.40 bits per heavy atom. The first kappa shape index (κ1) is 22.1. The maximum atomic E-state index is 6.25. The first-order valence-electron chi connectivity index (χ1n) is 7.73. The number of nitrogens with zero attached hydrogens (tertiary/aromatic N) is 2. The number of aromatic nitrogens is 1. The van der Waals surface area contributed by atoms with Crippen LogP contribution in [0.15, 0.2) is 27.6 Å². The molecule has 0 bridgehead atoms. The summed E-state index contributed by atoms with van der Waals surface area (Å²) in [5.74, 6) is 2.27. The Balaban J connectivity index is 0.00000312. The predicted octanol–water partition coefficient (Wildman–Crippen LogP) is 4.68. The highest BCUT2D eigenvalue weighted by molar-refractivity contribution is 14.0. The van der Waals surface area contributed by atoms with Gasteiger partial charge in [0.25, 0.3) is 0 Å². The molecule has 0 radical (unpaired) electrons. The van der Waals surface area contributed by atoms with Gasteiger partial charge in [-0.05, 0) is 31.5 Å². The van der Waals surface area contributed by atoms with Gasteiger partial charge in [-0.15, -0.1) is 24.0 Å². The summed E-state index contributed by atoms with van der Waals surface area (Å²) in [6.07, 6.45) is 0. The van der Waals surface area contributed by atoms with Gasteiger partial charge >= 0.3 is 0 Å². The van der Waals surface area contributed by atoms with Crippen LogP contribution in [0.25, 0.3) is 0 Å². The smallest absolute Gasteiger partial charge is 0.214 e. The van der Waals surface area contributed by atoms with E-state index in [0.717, 1.165) is 17.0 Å². The fourth-order valence-corrected chi connectivity index (χ4v) is 3.10. The van der Waals surface area contributed by atoms with Gasteiger partial charge in [-0.2, -0.15) is 0 Å². The molecule has 5 nitrogen and oxygen atoms in total. The van der Waals surface area contributed by atoms with E-state index < -0.39 is 0 Å². The zero-order valence-electron chi connectivity index (χ0n) is 14.7. The molecule has 1 heterocycles. The molecule has 0 aliphatic rings. The monoisotopic (exact) mass is 496 g/mol. The highest BCUT2D eigenvalue weighted by Crippen LogP contribution is 2.30. The van der Waals surface area contributed by atoms with Gasteiger partial charge in [-0.3, -0.25) is 4.99 Å². The molecule has 0 saturated carbocycles. The highest BCUT2D eigenvalue weighted by Gasteiger charge is 2.14. The zero-order valence-corrected chi connectivity index (χ0v) is 18.5. The molecule has 0 saturated heterocycles.